The molecule has 2 amide bonds. The van der Waals surface area contributed by atoms with Crippen LogP contribution < -0.4 is 10.1 Å². The number of aryl methyl sites for hydroxylation is 2. The number of nitrogens with one attached hydrogen (secondary N) is 1. The van der Waals surface area contributed by atoms with Gasteiger partial charge in [0.15, 0.2) is 5.82 Å². The highest BCUT2D eigenvalue weighted by Gasteiger charge is 2.19. The monoisotopic (exact) mass is 416 g/mol. The summed E-state index contributed by atoms with van der Waals surface area (Å²) >= 11 is 0. The zero-order valence-electron chi connectivity index (χ0n) is 17.6. The van der Waals surface area contributed by atoms with E-state index in [4.69, 9.17) is 4.74 Å². The lowest BCUT2D eigenvalue weighted by Crippen LogP contribution is -2.39. The minimum atomic E-state index is -0.150. The van der Waals surface area contributed by atoms with Crippen molar-refractivity contribution in [3.05, 3.63) is 71.2 Å². The van der Waals surface area contributed by atoms with E-state index in [0.717, 1.165) is 29.8 Å². The molecule has 1 fully saturated rings. The van der Waals surface area contributed by atoms with Crippen LogP contribution in [0.4, 0.5) is 10.6 Å². The lowest BCUT2D eigenvalue weighted by Gasteiger charge is -2.28. The van der Waals surface area contributed by atoms with Crippen molar-refractivity contribution in [2.75, 3.05) is 18.4 Å². The number of ether oxygens (including phenoxy) is 1. The molecule has 0 radical (unpaired) electrons. The Morgan fingerprint density at radius 1 is 1.06 bits per heavy atom. The average Bonchev–Trinajstić information content (AvgIpc) is 2.74. The van der Waals surface area contributed by atoms with Gasteiger partial charge >= 0.3 is 12.0 Å². The molecule has 1 aliphatic rings. The third-order valence-corrected chi connectivity index (χ3v) is 4.90. The lowest BCUT2D eigenvalue weighted by atomic mass is 10.0. The Morgan fingerprint density at radius 2 is 1.84 bits per heavy atom. The van der Waals surface area contributed by atoms with E-state index < -0.39 is 0 Å². The minimum Gasteiger partial charge on any atom is -0.424 e. The molecule has 1 aromatic carbocycles. The molecule has 1 N–H and O–H groups in total. The maximum atomic E-state index is 12.4. The quantitative estimate of drug-likeness (QED) is 0.678. The van der Waals surface area contributed by atoms with Crippen LogP contribution in [0.25, 0.3) is 6.08 Å². The highest BCUT2D eigenvalue weighted by atomic mass is 16.5. The van der Waals surface area contributed by atoms with Crippen molar-refractivity contribution in [3.8, 4) is 11.8 Å². The molecule has 3 aromatic rings. The van der Waals surface area contributed by atoms with Crippen LogP contribution in [0.5, 0.6) is 11.8 Å². The van der Waals surface area contributed by atoms with Crippen molar-refractivity contribution in [2.45, 2.75) is 26.7 Å². The van der Waals surface area contributed by atoms with Crippen molar-refractivity contribution >= 4 is 17.9 Å². The Bertz CT molecular complexity index is 1070. The lowest BCUT2D eigenvalue weighted by molar-refractivity contribution is 0.207. The SMILES string of the molecule is Cc1cc(C)nc(Oc2cccc(C=C3CCN(C(=O)Nc4cccnn4)CC3)c2)n1. The zero-order chi connectivity index (χ0) is 21.6. The number of hydrogen-bond acceptors (Lipinski definition) is 6. The van der Waals surface area contributed by atoms with Crippen molar-refractivity contribution in [1.29, 1.82) is 0 Å². The maximum Gasteiger partial charge on any atom is 0.323 e. The van der Waals surface area contributed by atoms with Crippen LogP contribution in [-0.4, -0.2) is 44.2 Å². The van der Waals surface area contributed by atoms with E-state index >= 15 is 0 Å². The van der Waals surface area contributed by atoms with Gasteiger partial charge in [-0.25, -0.2) is 14.8 Å². The Balaban J connectivity index is 1.36. The van der Waals surface area contributed by atoms with Crippen LogP contribution in [0.3, 0.4) is 0 Å². The van der Waals surface area contributed by atoms with Gasteiger partial charge in [0.05, 0.1) is 0 Å². The summed E-state index contributed by atoms with van der Waals surface area (Å²) in [5.41, 5.74) is 4.09. The van der Waals surface area contributed by atoms with Crippen LogP contribution in [0.1, 0.15) is 29.8 Å². The van der Waals surface area contributed by atoms with Crippen LogP contribution in [0.15, 0.2) is 54.2 Å². The predicted molar refractivity (Wildman–Crippen MR) is 118 cm³/mol. The number of urea groups is 1. The largest absolute Gasteiger partial charge is 0.424 e. The number of aromatic nitrogens is 4. The number of carbonyl (C=O) groups is 1. The third-order valence-electron chi connectivity index (χ3n) is 4.90. The number of nitrogens with zero attached hydrogens (tertiary/aromatic N) is 5. The van der Waals surface area contributed by atoms with E-state index in [1.807, 2.05) is 44.2 Å². The summed E-state index contributed by atoms with van der Waals surface area (Å²) < 4.78 is 5.85. The number of rotatable bonds is 4. The van der Waals surface area contributed by atoms with Gasteiger partial charge in [0.1, 0.15) is 5.75 Å². The first-order valence-electron chi connectivity index (χ1n) is 10.2. The summed E-state index contributed by atoms with van der Waals surface area (Å²) in [6.07, 6.45) is 5.37. The topological polar surface area (TPSA) is 93.1 Å². The molecule has 8 nitrogen and oxygen atoms in total. The summed E-state index contributed by atoms with van der Waals surface area (Å²) in [6.45, 7) is 5.15. The summed E-state index contributed by atoms with van der Waals surface area (Å²) in [5.74, 6) is 1.15. The zero-order valence-corrected chi connectivity index (χ0v) is 17.6. The van der Waals surface area contributed by atoms with Gasteiger partial charge in [0, 0.05) is 30.7 Å². The molecule has 31 heavy (non-hydrogen) atoms. The first-order valence-corrected chi connectivity index (χ1v) is 10.2. The summed E-state index contributed by atoms with van der Waals surface area (Å²) in [7, 11) is 0. The molecule has 0 atom stereocenters. The van der Waals surface area contributed by atoms with Crippen LogP contribution in [-0.2, 0) is 0 Å². The van der Waals surface area contributed by atoms with Gasteiger partial charge in [-0.2, -0.15) is 5.10 Å². The number of carbonyl (C=O) groups excluding carboxylic acids is 1. The minimum absolute atomic E-state index is 0.150. The Labute approximate surface area is 181 Å². The van der Waals surface area contributed by atoms with E-state index in [0.29, 0.717) is 30.7 Å². The molecule has 1 saturated heterocycles. The molecule has 1 aliphatic heterocycles. The van der Waals surface area contributed by atoms with Crippen molar-refractivity contribution in [2.24, 2.45) is 0 Å². The Kier molecular flexibility index (Phi) is 6.16. The predicted octanol–water partition coefficient (Wildman–Crippen LogP) is 4.39. The van der Waals surface area contributed by atoms with Crippen molar-refractivity contribution in [3.63, 3.8) is 0 Å². The van der Waals surface area contributed by atoms with Crippen LogP contribution >= 0.6 is 0 Å². The molecule has 0 saturated carbocycles. The molecule has 3 heterocycles. The molecule has 8 heteroatoms. The second-order valence-electron chi connectivity index (χ2n) is 7.44. The molecular formula is C23H24N6O2. The van der Waals surface area contributed by atoms with Gasteiger partial charge in [-0.15, -0.1) is 5.10 Å². The first kappa shape index (κ1) is 20.5. The third kappa shape index (κ3) is 5.63. The smallest absolute Gasteiger partial charge is 0.323 e. The molecule has 4 rings (SSSR count). The molecule has 0 spiro atoms. The number of hydrogen-bond donors (Lipinski definition) is 1. The number of amides is 2. The molecule has 0 aliphatic carbocycles. The number of anilines is 1. The Morgan fingerprint density at radius 3 is 2.55 bits per heavy atom. The van der Waals surface area contributed by atoms with Crippen LogP contribution in [0.2, 0.25) is 0 Å². The van der Waals surface area contributed by atoms with Gasteiger partial charge in [0.2, 0.25) is 0 Å². The summed E-state index contributed by atoms with van der Waals surface area (Å²) in [5, 5.41) is 10.4. The van der Waals surface area contributed by atoms with Gasteiger partial charge in [-0.1, -0.05) is 23.8 Å². The van der Waals surface area contributed by atoms with Gasteiger partial charge in [0.25, 0.3) is 0 Å². The first-order chi connectivity index (χ1) is 15.0. The second-order valence-corrected chi connectivity index (χ2v) is 7.44. The molecular weight excluding hydrogens is 392 g/mol. The molecule has 0 unspecified atom stereocenters. The molecule has 2 aromatic heterocycles. The number of benzene rings is 1. The molecule has 0 bridgehead atoms. The normalized spacial score (nSPS) is 13.6. The van der Waals surface area contributed by atoms with Crippen molar-refractivity contribution < 1.29 is 9.53 Å². The number of piperidine rings is 1. The summed E-state index contributed by atoms with van der Waals surface area (Å²) in [6, 6.07) is 13.4. The average molecular weight is 416 g/mol. The highest BCUT2D eigenvalue weighted by Crippen LogP contribution is 2.24. The standard InChI is InChI=1S/C23H24N6O2/c1-16-13-17(2)26-22(25-16)31-20-6-3-5-19(15-20)14-18-8-11-29(12-9-18)23(30)27-21-7-4-10-24-28-21/h3-7,10,13-15H,8-9,11-12H2,1-2H3,(H,27,28,30). The van der Waals surface area contributed by atoms with E-state index in [2.05, 4.69) is 31.6 Å². The van der Waals surface area contributed by atoms with Crippen LogP contribution in [0, 0.1) is 13.8 Å². The number of likely N-dealkylation sites (tertiary alicyclic amines) is 1. The second kappa shape index (κ2) is 9.34. The Hall–Kier alpha value is -3.81. The van der Waals surface area contributed by atoms with Gasteiger partial charge in [-0.05, 0) is 62.6 Å². The van der Waals surface area contributed by atoms with Gasteiger partial charge < -0.3 is 9.64 Å². The van der Waals surface area contributed by atoms with Crippen molar-refractivity contribution in [1.82, 2.24) is 25.1 Å². The fraction of sp³-hybridized carbons (Fsp3) is 0.261. The van der Waals surface area contributed by atoms with E-state index in [1.54, 1.807) is 23.2 Å². The van der Waals surface area contributed by atoms with Gasteiger partial charge in [-0.3, -0.25) is 5.32 Å². The summed E-state index contributed by atoms with van der Waals surface area (Å²) in [4.78, 5) is 22.9. The fourth-order valence-electron chi connectivity index (χ4n) is 3.45. The fourth-order valence-corrected chi connectivity index (χ4v) is 3.45. The maximum absolute atomic E-state index is 12.4. The van der Waals surface area contributed by atoms with E-state index in [9.17, 15) is 4.79 Å². The molecule has 158 valence electrons. The van der Waals surface area contributed by atoms with E-state index in [-0.39, 0.29) is 6.03 Å². The van der Waals surface area contributed by atoms with E-state index in [1.165, 1.54) is 5.57 Å². The highest BCUT2D eigenvalue weighted by molar-refractivity contribution is 5.88.